The minimum Gasteiger partial charge on any atom is -0.393 e. The van der Waals surface area contributed by atoms with Crippen molar-refractivity contribution in [2.24, 2.45) is 10.2 Å². The number of hydrogen-bond donors (Lipinski definition) is 2. The Kier molecular flexibility index (Phi) is 17.1. The zero-order chi connectivity index (χ0) is 24.3. The molecule has 32 heavy (non-hydrogen) atoms. The maximum atomic E-state index is 10.4. The molecule has 0 radical (unpaired) electrons. The van der Waals surface area contributed by atoms with Crippen molar-refractivity contribution >= 4 is 0 Å². The number of aliphatic hydroxyl groups excluding tert-OH is 2. The number of nitrogens with zero attached hydrogens (tertiary/aromatic N) is 4. The monoisotopic (exact) mass is 448 g/mol. The molecule has 4 unspecified atom stereocenters. The van der Waals surface area contributed by atoms with Crippen LogP contribution in [0.2, 0.25) is 0 Å². The van der Waals surface area contributed by atoms with Gasteiger partial charge in [0.15, 0.2) is 11.1 Å². The van der Waals surface area contributed by atoms with E-state index in [9.17, 15) is 20.7 Å². The highest BCUT2D eigenvalue weighted by Crippen LogP contribution is 2.26. The van der Waals surface area contributed by atoms with Gasteiger partial charge in [-0.3, -0.25) is 0 Å². The summed E-state index contributed by atoms with van der Waals surface area (Å²) < 4.78 is 0. The van der Waals surface area contributed by atoms with Crippen LogP contribution in [0.4, 0.5) is 0 Å². The van der Waals surface area contributed by atoms with Gasteiger partial charge < -0.3 is 10.2 Å². The van der Waals surface area contributed by atoms with Gasteiger partial charge in [-0.1, -0.05) is 90.9 Å². The first-order chi connectivity index (χ1) is 15.2. The molecule has 6 nitrogen and oxygen atoms in total. The molecule has 0 bridgehead atoms. The van der Waals surface area contributed by atoms with E-state index in [-0.39, 0.29) is 12.8 Å². The summed E-state index contributed by atoms with van der Waals surface area (Å²) in [6, 6.07) is 4.29. The second-order valence-electron chi connectivity index (χ2n) is 9.80. The van der Waals surface area contributed by atoms with Gasteiger partial charge in [0.2, 0.25) is 0 Å². The van der Waals surface area contributed by atoms with Gasteiger partial charge >= 0.3 is 0 Å². The fourth-order valence-corrected chi connectivity index (χ4v) is 3.88. The summed E-state index contributed by atoms with van der Waals surface area (Å²) in [7, 11) is 0. The Labute approximate surface area is 197 Å². The Balaban J connectivity index is 4.56. The topological polar surface area (TPSA) is 113 Å². The van der Waals surface area contributed by atoms with E-state index in [1.807, 2.05) is 0 Å². The number of unbranched alkanes of at least 4 members (excludes halogenated alkanes) is 10. The van der Waals surface area contributed by atoms with Gasteiger partial charge in [-0.05, 0) is 26.7 Å². The van der Waals surface area contributed by atoms with Crippen molar-refractivity contribution in [3.63, 3.8) is 0 Å². The molecule has 0 spiro atoms. The van der Waals surface area contributed by atoms with Crippen molar-refractivity contribution in [3.05, 3.63) is 0 Å². The van der Waals surface area contributed by atoms with Crippen LogP contribution in [0.5, 0.6) is 0 Å². The SMILES string of the molecule is CCCCCCCCC(O)CC(C)(C#N)N=NC(C)(C#N)CC(O)CCCCCCCC. The third-order valence-corrected chi connectivity index (χ3v) is 6.02. The van der Waals surface area contributed by atoms with Crippen LogP contribution in [-0.4, -0.2) is 33.5 Å². The van der Waals surface area contributed by atoms with Crippen molar-refractivity contribution in [2.75, 3.05) is 0 Å². The third kappa shape index (κ3) is 15.3. The molecule has 0 aliphatic heterocycles. The largest absolute Gasteiger partial charge is 0.393 e. The number of rotatable bonds is 20. The third-order valence-electron chi connectivity index (χ3n) is 6.02. The Morgan fingerprint density at radius 1 is 0.625 bits per heavy atom. The summed E-state index contributed by atoms with van der Waals surface area (Å²) in [6.45, 7) is 7.67. The molecule has 2 N–H and O–H groups in total. The Morgan fingerprint density at radius 3 is 1.25 bits per heavy atom. The molecule has 0 aromatic carbocycles. The Hall–Kier alpha value is -1.50. The zero-order valence-corrected chi connectivity index (χ0v) is 21.2. The molecule has 0 aromatic heterocycles. The fraction of sp³-hybridized carbons (Fsp3) is 0.923. The second kappa shape index (κ2) is 18.0. The molecule has 0 heterocycles. The Bertz CT molecular complexity index is 533. The van der Waals surface area contributed by atoms with E-state index in [1.165, 1.54) is 51.4 Å². The number of azo groups is 1. The average molecular weight is 449 g/mol. The van der Waals surface area contributed by atoms with Crippen LogP contribution >= 0.6 is 0 Å². The minimum atomic E-state index is -1.18. The van der Waals surface area contributed by atoms with Crippen molar-refractivity contribution < 1.29 is 10.2 Å². The quantitative estimate of drug-likeness (QED) is 0.154. The van der Waals surface area contributed by atoms with Crippen molar-refractivity contribution in [2.45, 2.75) is 154 Å². The van der Waals surface area contributed by atoms with E-state index in [0.29, 0.717) is 12.8 Å². The van der Waals surface area contributed by atoms with Crippen LogP contribution in [0.15, 0.2) is 10.2 Å². The lowest BCUT2D eigenvalue weighted by Gasteiger charge is -2.23. The molecule has 0 aromatic rings. The van der Waals surface area contributed by atoms with Gasteiger partial charge in [0.1, 0.15) is 0 Å². The smallest absolute Gasteiger partial charge is 0.167 e. The lowest BCUT2D eigenvalue weighted by Crippen LogP contribution is -2.30. The van der Waals surface area contributed by atoms with E-state index in [4.69, 9.17) is 0 Å². The summed E-state index contributed by atoms with van der Waals surface area (Å²) in [5, 5.41) is 48.3. The highest BCUT2D eigenvalue weighted by molar-refractivity contribution is 5.08. The highest BCUT2D eigenvalue weighted by atomic mass is 16.3. The van der Waals surface area contributed by atoms with E-state index in [0.717, 1.165) is 25.7 Å². The molecule has 0 aliphatic rings. The van der Waals surface area contributed by atoms with Crippen LogP contribution in [0.1, 0.15) is 130 Å². The molecular formula is C26H48N4O2. The maximum absolute atomic E-state index is 10.4. The summed E-state index contributed by atoms with van der Waals surface area (Å²) in [6.07, 6.45) is 14.2. The molecule has 6 heteroatoms. The van der Waals surface area contributed by atoms with Gasteiger partial charge in [0, 0.05) is 12.8 Å². The lowest BCUT2D eigenvalue weighted by molar-refractivity contribution is 0.126. The summed E-state index contributed by atoms with van der Waals surface area (Å²) >= 11 is 0. The predicted octanol–water partition coefficient (Wildman–Crippen LogP) is 7.01. The molecular weight excluding hydrogens is 400 g/mol. The first kappa shape index (κ1) is 30.5. The normalized spacial score (nSPS) is 17.2. The highest BCUT2D eigenvalue weighted by Gasteiger charge is 2.31. The van der Waals surface area contributed by atoms with E-state index in [2.05, 4.69) is 36.2 Å². The number of aliphatic hydroxyl groups is 2. The van der Waals surface area contributed by atoms with Crippen LogP contribution in [0.25, 0.3) is 0 Å². The first-order valence-electron chi connectivity index (χ1n) is 12.9. The van der Waals surface area contributed by atoms with Crippen LogP contribution in [-0.2, 0) is 0 Å². The van der Waals surface area contributed by atoms with E-state index in [1.54, 1.807) is 13.8 Å². The molecule has 0 rings (SSSR count). The first-order valence-corrected chi connectivity index (χ1v) is 12.9. The van der Waals surface area contributed by atoms with E-state index >= 15 is 0 Å². The second-order valence-corrected chi connectivity index (χ2v) is 9.80. The number of nitriles is 2. The molecule has 184 valence electrons. The molecule has 0 aliphatic carbocycles. The molecule has 0 amide bonds. The van der Waals surface area contributed by atoms with Crippen LogP contribution in [0, 0.1) is 22.7 Å². The van der Waals surface area contributed by atoms with Gasteiger partial charge in [-0.25, -0.2) is 0 Å². The number of hydrogen-bond acceptors (Lipinski definition) is 6. The van der Waals surface area contributed by atoms with Crippen LogP contribution in [0.3, 0.4) is 0 Å². The summed E-state index contributed by atoms with van der Waals surface area (Å²) in [4.78, 5) is 0. The average Bonchev–Trinajstić information content (AvgIpc) is 2.77. The molecule has 0 saturated carbocycles. The minimum absolute atomic E-state index is 0.198. The maximum Gasteiger partial charge on any atom is 0.167 e. The molecule has 4 atom stereocenters. The van der Waals surface area contributed by atoms with Crippen LogP contribution < -0.4 is 0 Å². The molecule has 0 fully saturated rings. The van der Waals surface area contributed by atoms with Crippen molar-refractivity contribution in [1.82, 2.24) is 0 Å². The zero-order valence-electron chi connectivity index (χ0n) is 21.2. The van der Waals surface area contributed by atoms with Gasteiger partial charge in [-0.2, -0.15) is 20.8 Å². The summed E-state index contributed by atoms with van der Waals surface area (Å²) in [5.41, 5.74) is -2.35. The Morgan fingerprint density at radius 2 is 0.938 bits per heavy atom. The van der Waals surface area contributed by atoms with Crippen molar-refractivity contribution in [3.8, 4) is 12.1 Å². The predicted molar refractivity (Wildman–Crippen MR) is 130 cm³/mol. The molecule has 0 saturated heterocycles. The summed E-state index contributed by atoms with van der Waals surface area (Å²) in [5.74, 6) is 0. The standard InChI is InChI=1S/C26H48N4O2/c1-5-7-9-11-13-15-17-23(31)19-25(3,21-27)29-30-26(4,22-28)20-24(32)18-16-14-12-10-8-6-2/h23-24,31-32H,5-20H2,1-4H3. The van der Waals surface area contributed by atoms with Gasteiger partial charge in [0.05, 0.1) is 24.3 Å². The van der Waals surface area contributed by atoms with E-state index < -0.39 is 23.3 Å². The van der Waals surface area contributed by atoms with Crippen molar-refractivity contribution in [1.29, 1.82) is 10.5 Å². The van der Waals surface area contributed by atoms with Gasteiger partial charge in [-0.15, -0.1) is 0 Å². The van der Waals surface area contributed by atoms with Gasteiger partial charge in [0.25, 0.3) is 0 Å². The fourth-order valence-electron chi connectivity index (χ4n) is 3.88. The lowest BCUT2D eigenvalue weighted by atomic mass is 9.93.